The van der Waals surface area contributed by atoms with Crippen LogP contribution in [0.15, 0.2) is 42.5 Å². The highest BCUT2D eigenvalue weighted by atomic mass is 19.1. The lowest BCUT2D eigenvalue weighted by atomic mass is 10.1. The molecule has 0 unspecified atom stereocenters. The minimum Gasteiger partial charge on any atom is -0.342 e. The zero-order valence-corrected chi connectivity index (χ0v) is 15.6. The van der Waals surface area contributed by atoms with E-state index in [2.05, 4.69) is 15.3 Å². The number of aryl methyl sites for hydroxylation is 1. The van der Waals surface area contributed by atoms with Gasteiger partial charge in [-0.2, -0.15) is 0 Å². The van der Waals surface area contributed by atoms with E-state index in [4.69, 9.17) is 0 Å². The van der Waals surface area contributed by atoms with E-state index in [9.17, 15) is 18.4 Å². The fourth-order valence-electron chi connectivity index (χ4n) is 3.64. The Bertz CT molecular complexity index is 1030. The molecule has 1 saturated heterocycles. The van der Waals surface area contributed by atoms with Gasteiger partial charge in [-0.05, 0) is 37.1 Å². The third kappa shape index (κ3) is 4.11. The number of halogens is 2. The molecule has 3 aromatic rings. The smallest absolute Gasteiger partial charge is 0.247 e. The number of H-pyrrole nitrogens is 1. The Morgan fingerprint density at radius 2 is 2.03 bits per heavy atom. The molecule has 0 radical (unpaired) electrons. The summed E-state index contributed by atoms with van der Waals surface area (Å²) in [7, 11) is 0. The largest absolute Gasteiger partial charge is 0.342 e. The number of hydrogen-bond donors (Lipinski definition) is 2. The number of rotatable bonds is 5. The first kappa shape index (κ1) is 19.0. The number of carbonyl (C=O) groups is 2. The second-order valence-electron chi connectivity index (χ2n) is 7.06. The summed E-state index contributed by atoms with van der Waals surface area (Å²) in [6, 6.07) is 9.78. The summed E-state index contributed by atoms with van der Waals surface area (Å²) in [5, 5.41) is 2.40. The van der Waals surface area contributed by atoms with Gasteiger partial charge in [-0.3, -0.25) is 9.59 Å². The van der Waals surface area contributed by atoms with Gasteiger partial charge in [0.1, 0.15) is 23.5 Å². The number of hydrogen-bond acceptors (Lipinski definition) is 3. The van der Waals surface area contributed by atoms with Crippen molar-refractivity contribution in [3.63, 3.8) is 0 Å². The summed E-state index contributed by atoms with van der Waals surface area (Å²) in [5.74, 6) is -1.33. The fourth-order valence-corrected chi connectivity index (χ4v) is 3.64. The van der Waals surface area contributed by atoms with Crippen molar-refractivity contribution in [2.45, 2.75) is 31.7 Å². The first-order chi connectivity index (χ1) is 14.0. The molecule has 0 saturated carbocycles. The maximum atomic E-state index is 13.8. The number of fused-ring (bicyclic) bond motifs is 1. The standard InChI is InChI=1S/C21H20F2N4O2/c22-13-7-8-14(23)17(12-13)26-21(29)18-6-3-11-27(18)20(28)10-9-19-24-15-4-1-2-5-16(15)25-19/h1-2,4-5,7-8,12,18H,3,6,9-11H2,(H,24,25)(H,26,29)/t18-/m0/s1. The molecule has 1 fully saturated rings. The Hall–Kier alpha value is -3.29. The molecule has 2 heterocycles. The maximum absolute atomic E-state index is 13.8. The SMILES string of the molecule is O=C(Nc1cc(F)ccc1F)[C@@H]1CCCN1C(=O)CCc1nc2ccccc2[nH]1. The van der Waals surface area contributed by atoms with Crippen LogP contribution in [-0.2, 0) is 16.0 Å². The normalized spacial score (nSPS) is 16.3. The van der Waals surface area contributed by atoms with Crippen LogP contribution in [0.1, 0.15) is 25.1 Å². The Labute approximate surface area is 165 Å². The van der Waals surface area contributed by atoms with Gasteiger partial charge in [0.05, 0.1) is 16.7 Å². The number of imidazole rings is 1. The van der Waals surface area contributed by atoms with E-state index >= 15 is 0 Å². The number of carbonyl (C=O) groups excluding carboxylic acids is 2. The molecule has 4 rings (SSSR count). The number of nitrogens with zero attached hydrogens (tertiary/aromatic N) is 2. The van der Waals surface area contributed by atoms with E-state index in [0.717, 1.165) is 29.2 Å². The van der Waals surface area contributed by atoms with Gasteiger partial charge in [-0.25, -0.2) is 13.8 Å². The summed E-state index contributed by atoms with van der Waals surface area (Å²) in [6.45, 7) is 0.461. The molecule has 2 amide bonds. The number of anilines is 1. The third-order valence-electron chi connectivity index (χ3n) is 5.08. The lowest BCUT2D eigenvalue weighted by Gasteiger charge is -2.24. The van der Waals surface area contributed by atoms with Crippen molar-refractivity contribution in [1.82, 2.24) is 14.9 Å². The summed E-state index contributed by atoms with van der Waals surface area (Å²) >= 11 is 0. The number of aromatic nitrogens is 2. The van der Waals surface area contributed by atoms with Crippen molar-refractivity contribution in [2.75, 3.05) is 11.9 Å². The van der Waals surface area contributed by atoms with Crippen LogP contribution in [-0.4, -0.2) is 39.3 Å². The molecular weight excluding hydrogens is 378 g/mol. The van der Waals surface area contributed by atoms with E-state index in [1.165, 1.54) is 4.90 Å². The average molecular weight is 398 g/mol. The van der Waals surface area contributed by atoms with Gasteiger partial charge in [0.25, 0.3) is 0 Å². The highest BCUT2D eigenvalue weighted by Gasteiger charge is 2.34. The molecule has 1 aliphatic rings. The molecule has 1 atom stereocenters. The molecule has 0 spiro atoms. The predicted octanol–water partition coefficient (Wildman–Crippen LogP) is 3.40. The van der Waals surface area contributed by atoms with E-state index in [0.29, 0.717) is 31.6 Å². The molecule has 29 heavy (non-hydrogen) atoms. The van der Waals surface area contributed by atoms with Crippen molar-refractivity contribution in [2.24, 2.45) is 0 Å². The summed E-state index contributed by atoms with van der Waals surface area (Å²) < 4.78 is 27.1. The molecule has 2 aromatic carbocycles. The number of nitrogens with one attached hydrogen (secondary N) is 2. The van der Waals surface area contributed by atoms with Crippen LogP contribution in [0.3, 0.4) is 0 Å². The van der Waals surface area contributed by atoms with Gasteiger partial charge in [0.15, 0.2) is 0 Å². The second-order valence-corrected chi connectivity index (χ2v) is 7.06. The molecule has 0 aliphatic carbocycles. The summed E-state index contributed by atoms with van der Waals surface area (Å²) in [5.41, 5.74) is 1.52. The number of para-hydroxylation sites is 2. The Morgan fingerprint density at radius 1 is 1.21 bits per heavy atom. The van der Waals surface area contributed by atoms with Gasteiger partial charge >= 0.3 is 0 Å². The van der Waals surface area contributed by atoms with E-state index in [1.807, 2.05) is 24.3 Å². The van der Waals surface area contributed by atoms with Crippen LogP contribution in [0, 0.1) is 11.6 Å². The van der Waals surface area contributed by atoms with E-state index < -0.39 is 23.6 Å². The first-order valence-corrected chi connectivity index (χ1v) is 9.50. The lowest BCUT2D eigenvalue weighted by Crippen LogP contribution is -2.43. The van der Waals surface area contributed by atoms with Gasteiger partial charge < -0.3 is 15.2 Å². The topological polar surface area (TPSA) is 78.1 Å². The van der Waals surface area contributed by atoms with Crippen LogP contribution in [0.25, 0.3) is 11.0 Å². The quantitative estimate of drug-likeness (QED) is 0.692. The van der Waals surface area contributed by atoms with Crippen molar-refractivity contribution in [1.29, 1.82) is 0 Å². The van der Waals surface area contributed by atoms with Gasteiger partial charge in [-0.15, -0.1) is 0 Å². The second kappa shape index (κ2) is 7.98. The molecule has 1 aliphatic heterocycles. The molecule has 8 heteroatoms. The average Bonchev–Trinajstić information content (AvgIpc) is 3.35. The molecule has 2 N–H and O–H groups in total. The first-order valence-electron chi connectivity index (χ1n) is 9.50. The Kier molecular flexibility index (Phi) is 5.24. The van der Waals surface area contributed by atoms with Crippen LogP contribution in [0.2, 0.25) is 0 Å². The van der Waals surface area contributed by atoms with E-state index in [-0.39, 0.29) is 18.0 Å². The molecule has 6 nitrogen and oxygen atoms in total. The van der Waals surface area contributed by atoms with Gasteiger partial charge in [-0.1, -0.05) is 12.1 Å². The lowest BCUT2D eigenvalue weighted by molar-refractivity contribution is -0.136. The minimum atomic E-state index is -0.722. The number of likely N-dealkylation sites (tertiary alicyclic amines) is 1. The predicted molar refractivity (Wildman–Crippen MR) is 104 cm³/mol. The number of aromatic amines is 1. The Balaban J connectivity index is 1.39. The minimum absolute atomic E-state index is 0.164. The monoisotopic (exact) mass is 398 g/mol. The van der Waals surface area contributed by atoms with Crippen molar-refractivity contribution < 1.29 is 18.4 Å². The zero-order valence-electron chi connectivity index (χ0n) is 15.6. The Morgan fingerprint density at radius 3 is 2.86 bits per heavy atom. The van der Waals surface area contributed by atoms with E-state index in [1.54, 1.807) is 0 Å². The van der Waals surface area contributed by atoms with Crippen LogP contribution >= 0.6 is 0 Å². The van der Waals surface area contributed by atoms with Gasteiger partial charge in [0, 0.05) is 25.5 Å². The zero-order chi connectivity index (χ0) is 20.4. The van der Waals surface area contributed by atoms with Crippen molar-refractivity contribution in [3.05, 3.63) is 59.9 Å². The molecule has 0 bridgehead atoms. The van der Waals surface area contributed by atoms with Crippen LogP contribution in [0.4, 0.5) is 14.5 Å². The molecule has 1 aromatic heterocycles. The van der Waals surface area contributed by atoms with Crippen LogP contribution < -0.4 is 5.32 Å². The maximum Gasteiger partial charge on any atom is 0.247 e. The summed E-state index contributed by atoms with van der Waals surface area (Å²) in [4.78, 5) is 34.4. The summed E-state index contributed by atoms with van der Waals surface area (Å²) in [6.07, 6.45) is 1.80. The number of benzene rings is 2. The third-order valence-corrected chi connectivity index (χ3v) is 5.08. The highest BCUT2D eigenvalue weighted by molar-refractivity contribution is 5.97. The van der Waals surface area contributed by atoms with Crippen LogP contribution in [0.5, 0.6) is 0 Å². The number of amides is 2. The molecule has 150 valence electrons. The van der Waals surface area contributed by atoms with Crippen molar-refractivity contribution >= 4 is 28.5 Å². The fraction of sp³-hybridized carbons (Fsp3) is 0.286. The molecular formula is C21H20F2N4O2. The van der Waals surface area contributed by atoms with Gasteiger partial charge in [0.2, 0.25) is 11.8 Å². The van der Waals surface area contributed by atoms with Crippen molar-refractivity contribution in [3.8, 4) is 0 Å². The highest BCUT2D eigenvalue weighted by Crippen LogP contribution is 2.22.